The molecule has 0 aliphatic heterocycles. The monoisotopic (exact) mass is 146 g/mol. The molecule has 0 rings (SSSR count). The highest BCUT2D eigenvalue weighted by Gasteiger charge is 1.82. The van der Waals surface area contributed by atoms with E-state index in [-0.39, 0.29) is 0 Å². The quantitative estimate of drug-likeness (QED) is 0.431. The summed E-state index contributed by atoms with van der Waals surface area (Å²) in [4.78, 5) is 0. The molecule has 0 bridgehead atoms. The van der Waals surface area contributed by atoms with Gasteiger partial charge in [-0.05, 0) is 19.8 Å². The molecule has 0 atom stereocenters. The van der Waals surface area contributed by atoms with Gasteiger partial charge < -0.3 is 0 Å². The molecule has 9 heavy (non-hydrogen) atoms. The Balaban J connectivity index is 0. The number of hydrogen-bond donors (Lipinski definition) is 0. The van der Waals surface area contributed by atoms with E-state index in [1.807, 2.05) is 0 Å². The van der Waals surface area contributed by atoms with Gasteiger partial charge in [-0.15, -0.1) is 0 Å². The van der Waals surface area contributed by atoms with Crippen molar-refractivity contribution in [2.24, 2.45) is 0 Å². The highest BCUT2D eigenvalue weighted by molar-refractivity contribution is 7.00. The maximum absolute atomic E-state index is 8.06. The molecule has 0 spiro atoms. The fraction of sp³-hybridized carbons (Fsp3) is 0.714. The van der Waals surface area contributed by atoms with E-state index in [1.165, 1.54) is 12.8 Å². The van der Waals surface area contributed by atoms with E-state index in [1.54, 1.807) is 14.7 Å². The van der Waals surface area contributed by atoms with E-state index in [2.05, 4.69) is 26.8 Å². The highest BCUT2D eigenvalue weighted by Crippen LogP contribution is 2.02. The smallest absolute Gasteiger partial charge is 0.138 e. The Kier molecular flexibility index (Phi) is 13.9. The summed E-state index contributed by atoms with van der Waals surface area (Å²) in [5.41, 5.74) is 1.56. The molecule has 1 nitrogen and oxygen atoms in total. The molecular weight excluding hydrogens is 131 g/mol. The van der Waals surface area contributed by atoms with Gasteiger partial charge in [-0.2, -0.15) is 0 Å². The van der Waals surface area contributed by atoms with E-state index >= 15 is 0 Å². The molecule has 0 amide bonds. The minimum Gasteiger partial charge on any atom is -0.279 e. The standard InChI is InChI=1S/C7H14.HOP/c1-4-7(5-2)6-3;1-2/h4H,5-6H2,1-3H3;2H. The topological polar surface area (TPSA) is 17.1 Å². The summed E-state index contributed by atoms with van der Waals surface area (Å²) in [5, 5.41) is 0. The normalized spacial score (nSPS) is 7.00. The van der Waals surface area contributed by atoms with Crippen LogP contribution in [0.1, 0.15) is 33.6 Å². The van der Waals surface area contributed by atoms with E-state index in [4.69, 9.17) is 4.57 Å². The Morgan fingerprint density at radius 3 is 1.67 bits per heavy atom. The lowest BCUT2D eigenvalue weighted by Crippen LogP contribution is -1.72. The zero-order chi connectivity index (χ0) is 7.70. The first-order valence-corrected chi connectivity index (χ1v) is 3.60. The molecule has 0 radical (unpaired) electrons. The van der Waals surface area contributed by atoms with Crippen LogP contribution in [-0.2, 0) is 4.57 Å². The first-order valence-electron chi connectivity index (χ1n) is 3.19. The predicted octanol–water partition coefficient (Wildman–Crippen LogP) is 3.23. The number of rotatable bonds is 2. The summed E-state index contributed by atoms with van der Waals surface area (Å²) in [7, 11) is 1.72. The van der Waals surface area contributed by atoms with Gasteiger partial charge in [-0.1, -0.05) is 25.5 Å². The van der Waals surface area contributed by atoms with Crippen LogP contribution in [-0.4, -0.2) is 0 Å². The minimum absolute atomic E-state index is 1.22. The van der Waals surface area contributed by atoms with Gasteiger partial charge in [0.05, 0.1) is 0 Å². The third kappa shape index (κ3) is 7.84. The molecule has 54 valence electrons. The van der Waals surface area contributed by atoms with Crippen molar-refractivity contribution < 1.29 is 4.57 Å². The van der Waals surface area contributed by atoms with Crippen molar-refractivity contribution >= 4 is 9.12 Å². The van der Waals surface area contributed by atoms with Crippen molar-refractivity contribution in [3.8, 4) is 0 Å². The first-order chi connectivity index (χ1) is 4.35. The fourth-order valence-electron chi connectivity index (χ4n) is 0.658. The molecule has 0 aliphatic rings. The summed E-state index contributed by atoms with van der Waals surface area (Å²) in [6.07, 6.45) is 4.62. The van der Waals surface area contributed by atoms with Gasteiger partial charge in [-0.25, -0.2) is 0 Å². The average molecular weight is 146 g/mol. The van der Waals surface area contributed by atoms with Crippen LogP contribution >= 0.6 is 9.12 Å². The summed E-state index contributed by atoms with van der Waals surface area (Å²) in [6.45, 7) is 6.49. The van der Waals surface area contributed by atoms with Gasteiger partial charge in [0, 0.05) is 0 Å². The van der Waals surface area contributed by atoms with E-state index in [0.717, 1.165) is 0 Å². The van der Waals surface area contributed by atoms with Crippen molar-refractivity contribution in [2.75, 3.05) is 0 Å². The van der Waals surface area contributed by atoms with Crippen molar-refractivity contribution in [1.82, 2.24) is 0 Å². The van der Waals surface area contributed by atoms with E-state index in [0.29, 0.717) is 0 Å². The third-order valence-corrected chi connectivity index (χ3v) is 1.32. The molecule has 0 N–H and O–H groups in total. The van der Waals surface area contributed by atoms with Crippen molar-refractivity contribution in [3.63, 3.8) is 0 Å². The number of hydrogen-bond acceptors (Lipinski definition) is 1. The van der Waals surface area contributed by atoms with Crippen LogP contribution in [0.2, 0.25) is 0 Å². The first kappa shape index (κ1) is 11.6. The summed E-state index contributed by atoms with van der Waals surface area (Å²) < 4.78 is 8.06. The Morgan fingerprint density at radius 2 is 1.67 bits per heavy atom. The van der Waals surface area contributed by atoms with Crippen molar-refractivity contribution in [3.05, 3.63) is 11.6 Å². The Hall–Kier alpha value is -0.160. The lowest BCUT2D eigenvalue weighted by Gasteiger charge is -1.93. The van der Waals surface area contributed by atoms with Gasteiger partial charge in [-0.3, -0.25) is 4.57 Å². The van der Waals surface area contributed by atoms with Gasteiger partial charge in [0.2, 0.25) is 0 Å². The molecule has 0 saturated heterocycles. The predicted molar refractivity (Wildman–Crippen MR) is 43.3 cm³/mol. The lowest BCUT2D eigenvalue weighted by molar-refractivity contribution is 0.607. The Bertz CT molecular complexity index is 73.0. The Morgan fingerprint density at radius 1 is 1.33 bits per heavy atom. The maximum Gasteiger partial charge on any atom is 0.138 e. The Labute approximate surface area is 59.8 Å². The van der Waals surface area contributed by atoms with Crippen LogP contribution in [0.25, 0.3) is 0 Å². The minimum atomic E-state index is 1.22. The second-order valence-corrected chi connectivity index (χ2v) is 1.65. The largest absolute Gasteiger partial charge is 0.279 e. The highest BCUT2D eigenvalue weighted by atomic mass is 31.0. The van der Waals surface area contributed by atoms with Crippen molar-refractivity contribution in [2.45, 2.75) is 33.6 Å². The van der Waals surface area contributed by atoms with Crippen LogP contribution in [0.4, 0.5) is 0 Å². The fourth-order valence-corrected chi connectivity index (χ4v) is 0.658. The van der Waals surface area contributed by atoms with Gasteiger partial charge >= 0.3 is 0 Å². The summed E-state index contributed by atoms with van der Waals surface area (Å²) in [6, 6.07) is 0. The second kappa shape index (κ2) is 10.8. The molecule has 0 aromatic carbocycles. The van der Waals surface area contributed by atoms with Gasteiger partial charge in [0.25, 0.3) is 0 Å². The third-order valence-electron chi connectivity index (χ3n) is 1.32. The van der Waals surface area contributed by atoms with E-state index < -0.39 is 0 Å². The SMILES string of the molecule is CC=C(CC)CC.O=P. The molecule has 0 aliphatic carbocycles. The molecule has 0 unspecified atom stereocenters. The summed E-state index contributed by atoms with van der Waals surface area (Å²) in [5.74, 6) is 0. The molecule has 0 aromatic rings. The van der Waals surface area contributed by atoms with Crippen LogP contribution in [0.5, 0.6) is 0 Å². The van der Waals surface area contributed by atoms with E-state index in [9.17, 15) is 0 Å². The van der Waals surface area contributed by atoms with Crippen LogP contribution in [0.15, 0.2) is 11.6 Å². The van der Waals surface area contributed by atoms with Crippen LogP contribution in [0, 0.1) is 0 Å². The molecule has 0 aromatic heterocycles. The average Bonchev–Trinajstić information content (AvgIpc) is 1.96. The maximum atomic E-state index is 8.06. The molecule has 0 saturated carbocycles. The molecule has 2 heteroatoms. The number of allylic oxidation sites excluding steroid dienone is 2. The van der Waals surface area contributed by atoms with Crippen LogP contribution in [0.3, 0.4) is 0 Å². The van der Waals surface area contributed by atoms with Gasteiger partial charge in [0.1, 0.15) is 9.12 Å². The zero-order valence-electron chi connectivity index (χ0n) is 6.40. The molecular formula is C7H15OP. The lowest BCUT2D eigenvalue weighted by atomic mass is 10.1. The summed E-state index contributed by atoms with van der Waals surface area (Å²) >= 11 is 0. The molecule has 0 heterocycles. The molecule has 0 fully saturated rings. The van der Waals surface area contributed by atoms with Crippen LogP contribution < -0.4 is 0 Å². The second-order valence-electron chi connectivity index (χ2n) is 1.65. The van der Waals surface area contributed by atoms with Gasteiger partial charge in [0.15, 0.2) is 0 Å². The van der Waals surface area contributed by atoms with Crippen molar-refractivity contribution in [1.29, 1.82) is 0 Å². The zero-order valence-corrected chi connectivity index (χ0v) is 7.40.